The number of nitrogen functional groups attached to an aromatic ring is 1. The molecule has 1 aromatic heterocycles. The van der Waals surface area contributed by atoms with Crippen molar-refractivity contribution in [2.75, 3.05) is 12.3 Å². The zero-order chi connectivity index (χ0) is 14.1. The summed E-state index contributed by atoms with van der Waals surface area (Å²) in [4.78, 5) is 16.1. The number of benzene rings is 1. The average molecular weight is 323 g/mol. The van der Waals surface area contributed by atoms with Gasteiger partial charge in [0.05, 0.1) is 6.04 Å². The summed E-state index contributed by atoms with van der Waals surface area (Å²) in [6.45, 7) is 2.79. The molecule has 0 spiro atoms. The van der Waals surface area contributed by atoms with E-state index in [1.165, 1.54) is 4.88 Å². The van der Waals surface area contributed by atoms with E-state index in [9.17, 15) is 4.79 Å². The molecule has 1 aliphatic heterocycles. The van der Waals surface area contributed by atoms with Crippen LogP contribution in [0.2, 0.25) is 0 Å². The minimum atomic E-state index is 0. The van der Waals surface area contributed by atoms with Crippen molar-refractivity contribution >= 4 is 35.3 Å². The smallest absolute Gasteiger partial charge is 0.254 e. The molecule has 21 heavy (non-hydrogen) atoms. The van der Waals surface area contributed by atoms with Gasteiger partial charge in [0, 0.05) is 22.7 Å². The molecule has 2 N–H and O–H groups in total. The van der Waals surface area contributed by atoms with E-state index >= 15 is 0 Å². The highest BCUT2D eigenvalue weighted by Gasteiger charge is 2.31. The predicted molar refractivity (Wildman–Crippen MR) is 90.2 cm³/mol. The molecule has 2 heterocycles. The summed E-state index contributed by atoms with van der Waals surface area (Å²) in [5.41, 5.74) is 8.19. The maximum atomic E-state index is 12.8. The number of halogens is 1. The van der Waals surface area contributed by atoms with Gasteiger partial charge in [0.25, 0.3) is 5.91 Å². The standard InChI is InChI=1S/C16H18N2OS.ClH/c1-11-6-7-12(17)10-13(11)16(19)18-8-2-4-14(18)15-5-3-9-20-15;/h3,5-7,9-10,14H,2,4,8,17H2,1H3;1H. The molecule has 1 aliphatic rings. The van der Waals surface area contributed by atoms with Crippen LogP contribution in [0.25, 0.3) is 0 Å². The molecule has 5 heteroatoms. The number of carbonyl (C=O) groups excluding carboxylic acids is 1. The number of hydrogen-bond donors (Lipinski definition) is 1. The Morgan fingerprint density at radius 1 is 1.38 bits per heavy atom. The van der Waals surface area contributed by atoms with Gasteiger partial charge in [-0.2, -0.15) is 0 Å². The SMILES string of the molecule is Cc1ccc(N)cc1C(=O)N1CCCC1c1cccs1.Cl. The van der Waals surface area contributed by atoms with Crippen molar-refractivity contribution in [1.82, 2.24) is 4.90 Å². The molecule has 112 valence electrons. The molecule has 1 atom stereocenters. The topological polar surface area (TPSA) is 46.3 Å². The fraction of sp³-hybridized carbons (Fsp3) is 0.312. The van der Waals surface area contributed by atoms with Crippen molar-refractivity contribution in [2.45, 2.75) is 25.8 Å². The summed E-state index contributed by atoms with van der Waals surface area (Å²) >= 11 is 1.73. The van der Waals surface area contributed by atoms with E-state index < -0.39 is 0 Å². The molecule has 2 aromatic rings. The first-order valence-corrected chi connectivity index (χ1v) is 7.75. The predicted octanol–water partition coefficient (Wildman–Crippen LogP) is 4.04. The van der Waals surface area contributed by atoms with Crippen molar-refractivity contribution in [3.8, 4) is 0 Å². The minimum absolute atomic E-state index is 0. The number of hydrogen-bond acceptors (Lipinski definition) is 3. The molecule has 1 saturated heterocycles. The van der Waals surface area contributed by atoms with Crippen molar-refractivity contribution in [1.29, 1.82) is 0 Å². The van der Waals surface area contributed by atoms with Gasteiger partial charge in [0.1, 0.15) is 0 Å². The number of nitrogens with two attached hydrogens (primary N) is 1. The average Bonchev–Trinajstić information content (AvgIpc) is 3.10. The Labute approximate surface area is 135 Å². The highest BCUT2D eigenvalue weighted by molar-refractivity contribution is 7.10. The number of anilines is 1. The Morgan fingerprint density at radius 2 is 2.19 bits per heavy atom. The second-order valence-corrected chi connectivity index (χ2v) is 6.23. The molecule has 1 fully saturated rings. The third-order valence-corrected chi connectivity index (χ3v) is 4.85. The molecule has 0 bridgehead atoms. The Bertz CT molecular complexity index is 627. The quantitative estimate of drug-likeness (QED) is 0.848. The van der Waals surface area contributed by atoms with Crippen molar-refractivity contribution < 1.29 is 4.79 Å². The molecule has 0 radical (unpaired) electrons. The van der Waals surface area contributed by atoms with E-state index in [1.54, 1.807) is 17.4 Å². The summed E-state index contributed by atoms with van der Waals surface area (Å²) < 4.78 is 0. The fourth-order valence-electron chi connectivity index (χ4n) is 2.81. The Hall–Kier alpha value is -1.52. The van der Waals surface area contributed by atoms with Gasteiger partial charge in [0.2, 0.25) is 0 Å². The number of aryl methyl sites for hydroxylation is 1. The Balaban J connectivity index is 0.00000161. The molecule has 0 aliphatic carbocycles. The van der Waals surface area contributed by atoms with Gasteiger partial charge < -0.3 is 10.6 Å². The third kappa shape index (κ3) is 3.06. The van der Waals surface area contributed by atoms with Crippen LogP contribution in [-0.2, 0) is 0 Å². The molecule has 0 saturated carbocycles. The minimum Gasteiger partial charge on any atom is -0.399 e. The van der Waals surface area contributed by atoms with Gasteiger partial charge in [0.15, 0.2) is 0 Å². The summed E-state index contributed by atoms with van der Waals surface area (Å²) in [6.07, 6.45) is 2.11. The van der Waals surface area contributed by atoms with Crippen LogP contribution in [0.15, 0.2) is 35.7 Å². The van der Waals surface area contributed by atoms with E-state index in [0.29, 0.717) is 5.69 Å². The fourth-order valence-corrected chi connectivity index (χ4v) is 3.68. The number of nitrogens with zero attached hydrogens (tertiary/aromatic N) is 1. The second kappa shape index (κ2) is 6.50. The first-order valence-electron chi connectivity index (χ1n) is 6.87. The Morgan fingerprint density at radius 3 is 2.90 bits per heavy atom. The van der Waals surface area contributed by atoms with E-state index in [-0.39, 0.29) is 24.4 Å². The first kappa shape index (κ1) is 15.9. The second-order valence-electron chi connectivity index (χ2n) is 5.25. The maximum absolute atomic E-state index is 12.8. The van der Waals surface area contributed by atoms with Crippen molar-refractivity contribution in [2.24, 2.45) is 0 Å². The monoisotopic (exact) mass is 322 g/mol. The summed E-state index contributed by atoms with van der Waals surface area (Å²) in [5, 5.41) is 2.07. The zero-order valence-electron chi connectivity index (χ0n) is 11.9. The zero-order valence-corrected chi connectivity index (χ0v) is 13.5. The van der Waals surface area contributed by atoms with E-state index in [2.05, 4.69) is 11.4 Å². The normalized spacial score (nSPS) is 17.6. The van der Waals surface area contributed by atoms with Crippen LogP contribution in [0.3, 0.4) is 0 Å². The molecular formula is C16H19ClN2OS. The molecule has 3 nitrogen and oxygen atoms in total. The number of rotatable bonds is 2. The van der Waals surface area contributed by atoms with Crippen LogP contribution in [-0.4, -0.2) is 17.4 Å². The van der Waals surface area contributed by atoms with E-state index in [1.807, 2.05) is 30.0 Å². The first-order chi connectivity index (χ1) is 9.66. The van der Waals surface area contributed by atoms with Crippen LogP contribution in [0.1, 0.15) is 39.7 Å². The highest BCUT2D eigenvalue weighted by atomic mass is 35.5. The lowest BCUT2D eigenvalue weighted by atomic mass is 10.1. The number of likely N-dealkylation sites (tertiary alicyclic amines) is 1. The van der Waals surface area contributed by atoms with E-state index in [4.69, 9.17) is 5.73 Å². The van der Waals surface area contributed by atoms with Gasteiger partial charge in [-0.25, -0.2) is 0 Å². The lowest BCUT2D eigenvalue weighted by Gasteiger charge is -2.24. The summed E-state index contributed by atoms with van der Waals surface area (Å²) in [7, 11) is 0. The Kier molecular flexibility index (Phi) is 4.91. The maximum Gasteiger partial charge on any atom is 0.254 e. The van der Waals surface area contributed by atoms with Crippen LogP contribution in [0.4, 0.5) is 5.69 Å². The number of carbonyl (C=O) groups is 1. The van der Waals surface area contributed by atoms with Gasteiger partial charge in [-0.05, 0) is 48.9 Å². The van der Waals surface area contributed by atoms with Crippen LogP contribution < -0.4 is 5.73 Å². The number of amides is 1. The molecule has 3 rings (SSSR count). The van der Waals surface area contributed by atoms with Gasteiger partial charge >= 0.3 is 0 Å². The van der Waals surface area contributed by atoms with Gasteiger partial charge in [-0.3, -0.25) is 4.79 Å². The van der Waals surface area contributed by atoms with Gasteiger partial charge in [-0.15, -0.1) is 23.7 Å². The largest absolute Gasteiger partial charge is 0.399 e. The van der Waals surface area contributed by atoms with Gasteiger partial charge in [-0.1, -0.05) is 12.1 Å². The van der Waals surface area contributed by atoms with Crippen molar-refractivity contribution in [3.05, 3.63) is 51.7 Å². The highest BCUT2D eigenvalue weighted by Crippen LogP contribution is 2.35. The van der Waals surface area contributed by atoms with Crippen LogP contribution in [0, 0.1) is 6.92 Å². The lowest BCUT2D eigenvalue weighted by Crippen LogP contribution is -2.30. The third-order valence-electron chi connectivity index (χ3n) is 3.88. The summed E-state index contributed by atoms with van der Waals surface area (Å²) in [6, 6.07) is 9.94. The summed E-state index contributed by atoms with van der Waals surface area (Å²) in [5.74, 6) is 0.103. The lowest BCUT2D eigenvalue weighted by molar-refractivity contribution is 0.0737. The number of thiophene rings is 1. The molecule has 1 amide bonds. The van der Waals surface area contributed by atoms with Crippen LogP contribution in [0.5, 0.6) is 0 Å². The van der Waals surface area contributed by atoms with Crippen molar-refractivity contribution in [3.63, 3.8) is 0 Å². The van der Waals surface area contributed by atoms with Crippen LogP contribution >= 0.6 is 23.7 Å². The molecule has 1 unspecified atom stereocenters. The van der Waals surface area contributed by atoms with E-state index in [0.717, 1.165) is 30.5 Å². The molecule has 1 aromatic carbocycles. The molecular weight excluding hydrogens is 304 g/mol.